The van der Waals surface area contributed by atoms with E-state index in [0.717, 1.165) is 37.7 Å². The van der Waals surface area contributed by atoms with Gasteiger partial charge in [0.15, 0.2) is 0 Å². The molecule has 1 aromatic carbocycles. The Morgan fingerprint density at radius 1 is 0.974 bits per heavy atom. The molecule has 216 valence electrons. The molecule has 1 saturated heterocycles. The monoisotopic (exact) mass is 544 g/mol. The molecular formula is C29H44N4O6. The topological polar surface area (TPSA) is 108 Å². The fourth-order valence-electron chi connectivity index (χ4n) is 4.91. The summed E-state index contributed by atoms with van der Waals surface area (Å²) in [5, 5.41) is 2.97. The number of rotatable bonds is 7. The Balaban J connectivity index is 1.59. The fraction of sp³-hybridized carbons (Fsp3) is 0.655. The maximum Gasteiger partial charge on any atom is 0.410 e. The van der Waals surface area contributed by atoms with Crippen LogP contribution in [0.5, 0.6) is 0 Å². The van der Waals surface area contributed by atoms with Crippen LogP contribution in [0.25, 0.3) is 0 Å². The number of carbonyl (C=O) groups excluding carboxylic acids is 4. The summed E-state index contributed by atoms with van der Waals surface area (Å²) in [6, 6.07) is 8.01. The minimum absolute atomic E-state index is 0.0306. The average molecular weight is 545 g/mol. The molecular weight excluding hydrogens is 500 g/mol. The molecule has 0 unspecified atom stereocenters. The lowest BCUT2D eigenvalue weighted by Gasteiger charge is -2.39. The molecule has 1 aliphatic carbocycles. The maximum absolute atomic E-state index is 13.7. The van der Waals surface area contributed by atoms with Gasteiger partial charge in [0.05, 0.1) is 0 Å². The summed E-state index contributed by atoms with van der Waals surface area (Å²) in [5.41, 5.74) is 0.232. The fourth-order valence-corrected chi connectivity index (χ4v) is 4.91. The SMILES string of the molecule is C[C@@H](C(=O)N[C@H](C(=O)N1CCN(C(=O)OCc2ccccc2)CC1)C1CCCCC1)N(C)C(=O)OC(C)(C)C. The summed E-state index contributed by atoms with van der Waals surface area (Å²) in [5.74, 6) is -0.502. The van der Waals surface area contributed by atoms with Gasteiger partial charge in [-0.05, 0) is 52.0 Å². The van der Waals surface area contributed by atoms with Gasteiger partial charge in [0.25, 0.3) is 0 Å². The Labute approximate surface area is 232 Å². The Morgan fingerprint density at radius 3 is 2.15 bits per heavy atom. The van der Waals surface area contributed by atoms with Crippen molar-refractivity contribution < 1.29 is 28.7 Å². The van der Waals surface area contributed by atoms with E-state index in [1.54, 1.807) is 37.5 Å². The van der Waals surface area contributed by atoms with Crippen LogP contribution in [0.1, 0.15) is 65.4 Å². The van der Waals surface area contributed by atoms with E-state index in [9.17, 15) is 19.2 Å². The predicted molar refractivity (Wildman–Crippen MR) is 147 cm³/mol. The molecule has 1 N–H and O–H groups in total. The van der Waals surface area contributed by atoms with Gasteiger partial charge in [0.1, 0.15) is 24.3 Å². The lowest BCUT2D eigenvalue weighted by molar-refractivity contribution is -0.140. The lowest BCUT2D eigenvalue weighted by atomic mass is 9.83. The minimum Gasteiger partial charge on any atom is -0.445 e. The van der Waals surface area contributed by atoms with E-state index in [0.29, 0.717) is 26.2 Å². The first kappa shape index (κ1) is 30.2. The van der Waals surface area contributed by atoms with Crippen molar-refractivity contribution >= 4 is 24.0 Å². The standard InChI is InChI=1S/C29H44N4O6/c1-21(31(5)27(36)39-29(2,3)4)25(34)30-24(23-14-10-7-11-15-23)26(35)32-16-18-33(19-17-32)28(37)38-20-22-12-8-6-9-13-22/h6,8-9,12-13,21,23-24H,7,10-11,14-20H2,1-5H3,(H,30,34)/t21-,24-/m0/s1. The molecule has 0 aromatic heterocycles. The number of likely N-dealkylation sites (N-methyl/N-ethyl adjacent to an activating group) is 1. The second-order valence-electron chi connectivity index (χ2n) is 11.5. The van der Waals surface area contributed by atoms with Gasteiger partial charge in [-0.1, -0.05) is 49.6 Å². The van der Waals surface area contributed by atoms with Gasteiger partial charge >= 0.3 is 12.2 Å². The Bertz CT molecular complexity index is 981. The number of piperazine rings is 1. The molecule has 0 bridgehead atoms. The van der Waals surface area contributed by atoms with E-state index < -0.39 is 35.8 Å². The van der Waals surface area contributed by atoms with Gasteiger partial charge < -0.3 is 24.6 Å². The van der Waals surface area contributed by atoms with Crippen molar-refractivity contribution in [1.82, 2.24) is 20.0 Å². The third-order valence-electron chi connectivity index (χ3n) is 7.38. The van der Waals surface area contributed by atoms with E-state index in [4.69, 9.17) is 9.47 Å². The Kier molecular flexibility index (Phi) is 10.6. The van der Waals surface area contributed by atoms with Crippen molar-refractivity contribution in [3.63, 3.8) is 0 Å². The van der Waals surface area contributed by atoms with Gasteiger partial charge in [-0.25, -0.2) is 9.59 Å². The van der Waals surface area contributed by atoms with Crippen LogP contribution in [0.4, 0.5) is 9.59 Å². The molecule has 1 saturated carbocycles. The summed E-state index contributed by atoms with van der Waals surface area (Å²) >= 11 is 0. The largest absolute Gasteiger partial charge is 0.445 e. The summed E-state index contributed by atoms with van der Waals surface area (Å²) in [6.07, 6.45) is 3.87. The summed E-state index contributed by atoms with van der Waals surface area (Å²) < 4.78 is 10.8. The van der Waals surface area contributed by atoms with Crippen molar-refractivity contribution in [1.29, 1.82) is 0 Å². The second kappa shape index (κ2) is 13.7. The first-order valence-corrected chi connectivity index (χ1v) is 14.0. The number of carbonyl (C=O) groups is 4. The maximum atomic E-state index is 13.7. The first-order valence-electron chi connectivity index (χ1n) is 14.0. The van der Waals surface area contributed by atoms with Crippen LogP contribution in [0.2, 0.25) is 0 Å². The molecule has 2 aliphatic rings. The van der Waals surface area contributed by atoms with Gasteiger partial charge in [-0.2, -0.15) is 0 Å². The molecule has 1 heterocycles. The highest BCUT2D eigenvalue weighted by Crippen LogP contribution is 2.28. The quantitative estimate of drug-likeness (QED) is 0.560. The normalized spacial score (nSPS) is 18.1. The number of amides is 4. The van der Waals surface area contributed by atoms with Gasteiger partial charge in [-0.3, -0.25) is 14.5 Å². The van der Waals surface area contributed by atoms with E-state index in [1.165, 1.54) is 11.9 Å². The third kappa shape index (κ3) is 8.86. The highest BCUT2D eigenvalue weighted by Gasteiger charge is 2.37. The molecule has 0 spiro atoms. The summed E-state index contributed by atoms with van der Waals surface area (Å²) in [7, 11) is 1.52. The molecule has 39 heavy (non-hydrogen) atoms. The molecule has 1 aromatic rings. The predicted octanol–water partition coefficient (Wildman–Crippen LogP) is 3.79. The highest BCUT2D eigenvalue weighted by molar-refractivity contribution is 5.91. The summed E-state index contributed by atoms with van der Waals surface area (Å²) in [6.45, 7) is 8.59. The number of ether oxygens (including phenoxy) is 2. The van der Waals surface area contributed by atoms with Crippen molar-refractivity contribution in [3.05, 3.63) is 35.9 Å². The molecule has 2 fully saturated rings. The van der Waals surface area contributed by atoms with Crippen LogP contribution < -0.4 is 5.32 Å². The number of nitrogens with zero attached hydrogens (tertiary/aromatic N) is 3. The number of hydrogen-bond acceptors (Lipinski definition) is 6. The van der Waals surface area contributed by atoms with Crippen LogP contribution in [0.15, 0.2) is 30.3 Å². The van der Waals surface area contributed by atoms with Crippen LogP contribution in [-0.2, 0) is 25.7 Å². The van der Waals surface area contributed by atoms with E-state index in [1.807, 2.05) is 30.3 Å². The van der Waals surface area contributed by atoms with E-state index in [-0.39, 0.29) is 18.4 Å². The van der Waals surface area contributed by atoms with Gasteiger partial charge in [0.2, 0.25) is 11.8 Å². The number of benzene rings is 1. The van der Waals surface area contributed by atoms with E-state index in [2.05, 4.69) is 5.32 Å². The van der Waals surface area contributed by atoms with Gasteiger partial charge in [0, 0.05) is 33.2 Å². The zero-order chi connectivity index (χ0) is 28.6. The lowest BCUT2D eigenvalue weighted by Crippen LogP contribution is -2.59. The zero-order valence-corrected chi connectivity index (χ0v) is 24.0. The van der Waals surface area contributed by atoms with Crippen LogP contribution in [-0.4, -0.2) is 89.6 Å². The van der Waals surface area contributed by atoms with Crippen LogP contribution in [0.3, 0.4) is 0 Å². The van der Waals surface area contributed by atoms with Crippen molar-refractivity contribution in [3.8, 4) is 0 Å². The van der Waals surface area contributed by atoms with E-state index >= 15 is 0 Å². The first-order chi connectivity index (χ1) is 18.5. The third-order valence-corrected chi connectivity index (χ3v) is 7.38. The number of hydrogen-bond donors (Lipinski definition) is 1. The van der Waals surface area contributed by atoms with Crippen LogP contribution >= 0.6 is 0 Å². The molecule has 10 heteroatoms. The van der Waals surface area contributed by atoms with Gasteiger partial charge in [-0.15, -0.1) is 0 Å². The molecule has 10 nitrogen and oxygen atoms in total. The molecule has 3 rings (SSSR count). The second-order valence-corrected chi connectivity index (χ2v) is 11.5. The Morgan fingerprint density at radius 2 is 1.56 bits per heavy atom. The molecule has 1 aliphatic heterocycles. The average Bonchev–Trinajstić information content (AvgIpc) is 2.93. The zero-order valence-electron chi connectivity index (χ0n) is 24.0. The smallest absolute Gasteiger partial charge is 0.410 e. The highest BCUT2D eigenvalue weighted by atomic mass is 16.6. The minimum atomic E-state index is -0.810. The van der Waals surface area contributed by atoms with Crippen molar-refractivity contribution in [2.24, 2.45) is 5.92 Å². The molecule has 4 amide bonds. The van der Waals surface area contributed by atoms with Crippen LogP contribution in [0, 0.1) is 5.92 Å². The number of nitrogens with one attached hydrogen (secondary N) is 1. The summed E-state index contributed by atoms with van der Waals surface area (Å²) in [4.78, 5) is 56.6. The van der Waals surface area contributed by atoms with Crippen molar-refractivity contribution in [2.75, 3.05) is 33.2 Å². The Hall–Kier alpha value is -3.30. The van der Waals surface area contributed by atoms with Crippen molar-refractivity contribution in [2.45, 2.75) is 84.1 Å². The molecule has 0 radical (unpaired) electrons. The molecule has 2 atom stereocenters.